The third kappa shape index (κ3) is 1.91. The third-order valence-electron chi connectivity index (χ3n) is 3.47. The standard InChI is InChI=1S/C12H15N3O4/c1-5-2-6(3-16)19-9(5)7-4-18-10-8(7)14-12(13)15-11(10)17/h4-6,9,16H,2-3H2,1H3,(H3,13,14,15,17)/t5-,6-,9+/m0/s1. The van der Waals surface area contributed by atoms with Gasteiger partial charge in [-0.3, -0.25) is 9.78 Å². The number of anilines is 1. The summed E-state index contributed by atoms with van der Waals surface area (Å²) in [6, 6.07) is 0. The van der Waals surface area contributed by atoms with Gasteiger partial charge in [0.2, 0.25) is 11.5 Å². The molecule has 0 bridgehead atoms. The van der Waals surface area contributed by atoms with Crippen molar-refractivity contribution in [3.8, 4) is 0 Å². The van der Waals surface area contributed by atoms with Gasteiger partial charge in [-0.25, -0.2) is 4.98 Å². The summed E-state index contributed by atoms with van der Waals surface area (Å²) >= 11 is 0. The lowest BCUT2D eigenvalue weighted by Gasteiger charge is -2.13. The van der Waals surface area contributed by atoms with Crippen molar-refractivity contribution in [3.05, 3.63) is 22.2 Å². The predicted molar refractivity (Wildman–Crippen MR) is 67.5 cm³/mol. The Hall–Kier alpha value is -1.86. The molecule has 3 atom stereocenters. The van der Waals surface area contributed by atoms with Crippen LogP contribution in [0.3, 0.4) is 0 Å². The summed E-state index contributed by atoms with van der Waals surface area (Å²) in [7, 11) is 0. The number of nitrogens with one attached hydrogen (secondary N) is 1. The first kappa shape index (κ1) is 12.2. The van der Waals surface area contributed by atoms with Crippen molar-refractivity contribution in [2.75, 3.05) is 12.3 Å². The fourth-order valence-corrected chi connectivity index (χ4v) is 2.60. The van der Waals surface area contributed by atoms with Gasteiger partial charge in [-0.05, 0) is 12.3 Å². The minimum atomic E-state index is -0.405. The summed E-state index contributed by atoms with van der Waals surface area (Å²) in [5, 5.41) is 9.16. The van der Waals surface area contributed by atoms with Gasteiger partial charge in [0, 0.05) is 5.56 Å². The van der Waals surface area contributed by atoms with E-state index in [-0.39, 0.29) is 36.3 Å². The SMILES string of the molecule is C[C@H]1C[C@@H](CO)O[C@H]1c1coc2c(=O)[nH]c(N)nc12. The number of rotatable bonds is 2. The molecule has 3 heterocycles. The van der Waals surface area contributed by atoms with E-state index in [1.807, 2.05) is 6.92 Å². The Balaban J connectivity index is 2.09. The first-order chi connectivity index (χ1) is 9.10. The van der Waals surface area contributed by atoms with E-state index in [0.29, 0.717) is 11.1 Å². The average molecular weight is 265 g/mol. The Labute approximate surface area is 108 Å². The van der Waals surface area contributed by atoms with Crippen LogP contribution < -0.4 is 11.3 Å². The zero-order chi connectivity index (χ0) is 13.6. The van der Waals surface area contributed by atoms with E-state index in [0.717, 1.165) is 6.42 Å². The van der Waals surface area contributed by atoms with Crippen LogP contribution in [0.15, 0.2) is 15.5 Å². The zero-order valence-corrected chi connectivity index (χ0v) is 10.4. The molecule has 102 valence electrons. The molecule has 1 aliphatic heterocycles. The molecule has 0 radical (unpaired) electrons. The highest BCUT2D eigenvalue weighted by molar-refractivity contribution is 5.77. The maximum atomic E-state index is 11.7. The Morgan fingerprint density at radius 3 is 3.11 bits per heavy atom. The molecule has 1 aliphatic rings. The number of nitrogens with zero attached hydrogens (tertiary/aromatic N) is 1. The van der Waals surface area contributed by atoms with Gasteiger partial charge in [0.25, 0.3) is 5.56 Å². The van der Waals surface area contributed by atoms with Gasteiger partial charge in [-0.1, -0.05) is 6.92 Å². The number of nitrogens with two attached hydrogens (primary N) is 1. The summed E-state index contributed by atoms with van der Waals surface area (Å²) in [5.74, 6) is 0.254. The molecule has 7 heteroatoms. The van der Waals surface area contributed by atoms with Gasteiger partial charge >= 0.3 is 0 Å². The Kier molecular flexibility index (Phi) is 2.79. The van der Waals surface area contributed by atoms with Crippen LogP contribution in [0.25, 0.3) is 11.1 Å². The molecule has 4 N–H and O–H groups in total. The highest BCUT2D eigenvalue weighted by Gasteiger charge is 2.35. The van der Waals surface area contributed by atoms with Crippen molar-refractivity contribution in [3.63, 3.8) is 0 Å². The van der Waals surface area contributed by atoms with Crippen molar-refractivity contribution in [2.24, 2.45) is 5.92 Å². The molecule has 19 heavy (non-hydrogen) atoms. The molecule has 2 aromatic heterocycles. The van der Waals surface area contributed by atoms with Crippen LogP contribution >= 0.6 is 0 Å². The first-order valence-corrected chi connectivity index (χ1v) is 6.13. The van der Waals surface area contributed by atoms with Gasteiger partial charge in [-0.2, -0.15) is 0 Å². The molecule has 0 aliphatic carbocycles. The molecular formula is C12H15N3O4. The van der Waals surface area contributed by atoms with E-state index in [2.05, 4.69) is 9.97 Å². The highest BCUT2D eigenvalue weighted by Crippen LogP contribution is 2.40. The van der Waals surface area contributed by atoms with E-state index in [4.69, 9.17) is 20.0 Å². The number of nitrogen functional groups attached to an aromatic ring is 1. The van der Waals surface area contributed by atoms with Crippen molar-refractivity contribution in [2.45, 2.75) is 25.6 Å². The summed E-state index contributed by atoms with van der Waals surface area (Å²) in [6.45, 7) is 2.00. The smallest absolute Gasteiger partial charge is 0.295 e. The predicted octanol–water partition coefficient (Wildman–Crippen LogP) is 0.557. The van der Waals surface area contributed by atoms with Crippen molar-refractivity contribution in [1.29, 1.82) is 0 Å². The lowest BCUT2D eigenvalue weighted by molar-refractivity contribution is 0.00545. The number of H-pyrrole nitrogens is 1. The van der Waals surface area contributed by atoms with Crippen molar-refractivity contribution >= 4 is 17.0 Å². The molecule has 0 spiro atoms. The second kappa shape index (κ2) is 4.36. The molecule has 3 rings (SSSR count). The molecule has 0 amide bonds. The normalized spacial score (nSPS) is 27.2. The minimum absolute atomic E-state index is 0.0211. The van der Waals surface area contributed by atoms with Crippen LogP contribution in [0.2, 0.25) is 0 Å². The minimum Gasteiger partial charge on any atom is -0.456 e. The topological polar surface area (TPSA) is 114 Å². The molecule has 7 nitrogen and oxygen atoms in total. The van der Waals surface area contributed by atoms with Crippen LogP contribution in [0.5, 0.6) is 0 Å². The summed E-state index contributed by atoms with van der Waals surface area (Å²) in [5.41, 5.74) is 6.42. The zero-order valence-electron chi connectivity index (χ0n) is 10.4. The van der Waals surface area contributed by atoms with E-state index in [9.17, 15) is 4.79 Å². The Morgan fingerprint density at radius 1 is 1.63 bits per heavy atom. The number of hydrogen-bond acceptors (Lipinski definition) is 6. The molecular weight excluding hydrogens is 250 g/mol. The van der Waals surface area contributed by atoms with E-state index >= 15 is 0 Å². The second-order valence-electron chi connectivity index (χ2n) is 4.89. The lowest BCUT2D eigenvalue weighted by Crippen LogP contribution is -2.12. The number of ether oxygens (including phenoxy) is 1. The van der Waals surface area contributed by atoms with Crippen LogP contribution in [-0.2, 0) is 4.74 Å². The number of aliphatic hydroxyl groups excluding tert-OH is 1. The monoisotopic (exact) mass is 265 g/mol. The van der Waals surface area contributed by atoms with Gasteiger partial charge in [0.05, 0.1) is 25.1 Å². The number of aromatic nitrogens is 2. The fraction of sp³-hybridized carbons (Fsp3) is 0.500. The van der Waals surface area contributed by atoms with Gasteiger partial charge in [-0.15, -0.1) is 0 Å². The average Bonchev–Trinajstić information content (AvgIpc) is 2.92. The lowest BCUT2D eigenvalue weighted by atomic mass is 9.97. The van der Waals surface area contributed by atoms with Crippen LogP contribution in [0.4, 0.5) is 5.95 Å². The molecule has 2 aromatic rings. The van der Waals surface area contributed by atoms with Crippen LogP contribution in [0.1, 0.15) is 25.0 Å². The Morgan fingerprint density at radius 2 is 2.42 bits per heavy atom. The summed E-state index contributed by atoms with van der Waals surface area (Å²) < 4.78 is 11.0. The van der Waals surface area contributed by atoms with E-state index < -0.39 is 5.56 Å². The van der Waals surface area contributed by atoms with Crippen LogP contribution in [0, 0.1) is 5.92 Å². The maximum Gasteiger partial charge on any atom is 0.295 e. The number of fused-ring (bicyclic) bond motifs is 1. The third-order valence-corrected chi connectivity index (χ3v) is 3.47. The van der Waals surface area contributed by atoms with Gasteiger partial charge < -0.3 is 20.0 Å². The van der Waals surface area contributed by atoms with E-state index in [1.54, 1.807) is 0 Å². The molecule has 0 unspecified atom stereocenters. The largest absolute Gasteiger partial charge is 0.456 e. The molecule has 0 saturated carbocycles. The Bertz CT molecular complexity index is 663. The van der Waals surface area contributed by atoms with E-state index in [1.165, 1.54) is 6.26 Å². The summed E-state index contributed by atoms with van der Waals surface area (Å²) in [4.78, 5) is 18.2. The number of furan rings is 1. The van der Waals surface area contributed by atoms with Gasteiger partial charge in [0.15, 0.2) is 0 Å². The van der Waals surface area contributed by atoms with Crippen LogP contribution in [-0.4, -0.2) is 27.8 Å². The number of aliphatic hydroxyl groups is 1. The maximum absolute atomic E-state index is 11.7. The van der Waals surface area contributed by atoms with Gasteiger partial charge in [0.1, 0.15) is 5.52 Å². The molecule has 1 saturated heterocycles. The molecule has 1 fully saturated rings. The quantitative estimate of drug-likeness (QED) is 0.730. The first-order valence-electron chi connectivity index (χ1n) is 6.13. The molecule has 0 aromatic carbocycles. The summed E-state index contributed by atoms with van der Waals surface area (Å²) in [6.07, 6.45) is 1.80. The van der Waals surface area contributed by atoms with Crippen molar-refractivity contribution < 1.29 is 14.3 Å². The second-order valence-corrected chi connectivity index (χ2v) is 4.89. The fourth-order valence-electron chi connectivity index (χ4n) is 2.60. The highest BCUT2D eigenvalue weighted by atomic mass is 16.5. The number of hydrogen-bond donors (Lipinski definition) is 3. The number of aromatic amines is 1. The van der Waals surface area contributed by atoms with Crippen molar-refractivity contribution in [1.82, 2.24) is 9.97 Å².